The molecular weight excluding hydrogens is 248 g/mol. The third-order valence-electron chi connectivity index (χ3n) is 3.00. The van der Waals surface area contributed by atoms with Gasteiger partial charge >= 0.3 is 0 Å². The fraction of sp³-hybridized carbons (Fsp3) is 0.538. The molecule has 0 bridgehead atoms. The molecule has 0 aliphatic rings. The molecule has 0 saturated carbocycles. The van der Waals surface area contributed by atoms with Crippen LogP contribution in [0.15, 0.2) is 29.2 Å². The van der Waals surface area contributed by atoms with Crippen LogP contribution in [0.25, 0.3) is 0 Å². The van der Waals surface area contributed by atoms with E-state index in [0.29, 0.717) is 23.0 Å². The van der Waals surface area contributed by atoms with Crippen molar-refractivity contribution in [1.29, 1.82) is 0 Å². The highest BCUT2D eigenvalue weighted by atomic mass is 32.2. The van der Waals surface area contributed by atoms with Gasteiger partial charge in [0.2, 0.25) is 0 Å². The summed E-state index contributed by atoms with van der Waals surface area (Å²) in [5.41, 5.74) is 6.34. The summed E-state index contributed by atoms with van der Waals surface area (Å²) in [6.45, 7) is 6.23. The maximum Gasteiger partial charge on any atom is 0.180 e. The molecule has 1 atom stereocenters. The molecule has 18 heavy (non-hydrogen) atoms. The smallest absolute Gasteiger partial charge is 0.180 e. The number of benzene rings is 1. The van der Waals surface area contributed by atoms with E-state index < -0.39 is 9.84 Å². The van der Waals surface area contributed by atoms with E-state index in [9.17, 15) is 8.42 Å². The zero-order valence-corrected chi connectivity index (χ0v) is 12.0. The van der Waals surface area contributed by atoms with E-state index in [-0.39, 0.29) is 11.8 Å². The average Bonchev–Trinajstić information content (AvgIpc) is 2.35. The van der Waals surface area contributed by atoms with Gasteiger partial charge in [0.15, 0.2) is 9.84 Å². The molecule has 0 aliphatic carbocycles. The Balaban J connectivity index is 3.11. The largest absolute Gasteiger partial charge is 0.380 e. The molecule has 0 amide bonds. The molecule has 0 heterocycles. The van der Waals surface area contributed by atoms with E-state index >= 15 is 0 Å². The first-order valence-electron chi connectivity index (χ1n) is 6.20. The zero-order chi connectivity index (χ0) is 13.8. The van der Waals surface area contributed by atoms with Crippen LogP contribution in [0.5, 0.6) is 0 Å². The summed E-state index contributed by atoms with van der Waals surface area (Å²) in [7, 11) is -3.21. The maximum absolute atomic E-state index is 12.0. The van der Waals surface area contributed by atoms with Crippen molar-refractivity contribution < 1.29 is 8.42 Å². The van der Waals surface area contributed by atoms with Gasteiger partial charge in [0, 0.05) is 12.6 Å². The molecule has 1 unspecified atom stereocenters. The van der Waals surface area contributed by atoms with Crippen LogP contribution in [0, 0.1) is 5.92 Å². The van der Waals surface area contributed by atoms with Crippen LogP contribution in [-0.2, 0) is 9.84 Å². The Morgan fingerprint density at radius 3 is 2.39 bits per heavy atom. The number of para-hydroxylation sites is 1. The monoisotopic (exact) mass is 270 g/mol. The lowest BCUT2D eigenvalue weighted by molar-refractivity contribution is 0.530. The van der Waals surface area contributed by atoms with E-state index in [2.05, 4.69) is 19.2 Å². The summed E-state index contributed by atoms with van der Waals surface area (Å²) >= 11 is 0. The quantitative estimate of drug-likeness (QED) is 0.828. The van der Waals surface area contributed by atoms with E-state index in [1.165, 1.54) is 0 Å². The molecule has 1 aromatic rings. The van der Waals surface area contributed by atoms with Gasteiger partial charge in [-0.2, -0.15) is 0 Å². The number of hydrogen-bond acceptors (Lipinski definition) is 4. The number of rotatable bonds is 6. The minimum Gasteiger partial charge on any atom is -0.380 e. The normalized spacial score (nSPS) is 13.6. The number of nitrogens with two attached hydrogens (primary N) is 1. The lowest BCUT2D eigenvalue weighted by atomic mass is 10.0. The molecule has 0 saturated heterocycles. The fourth-order valence-corrected chi connectivity index (χ4v) is 2.77. The van der Waals surface area contributed by atoms with Gasteiger partial charge in [-0.05, 0) is 18.1 Å². The predicted octanol–water partition coefficient (Wildman–Crippen LogP) is 1.88. The second-order valence-electron chi connectivity index (χ2n) is 4.63. The molecular formula is C13H22N2O2S. The van der Waals surface area contributed by atoms with Gasteiger partial charge in [0.05, 0.1) is 16.3 Å². The third-order valence-corrected chi connectivity index (χ3v) is 4.79. The molecule has 1 rings (SSSR count). The fourth-order valence-electron chi connectivity index (χ4n) is 1.71. The highest BCUT2D eigenvalue weighted by Gasteiger charge is 2.19. The Morgan fingerprint density at radius 2 is 1.89 bits per heavy atom. The molecule has 0 aromatic heterocycles. The standard InChI is InChI=1S/C13H22N2O2S/c1-4-18(16,17)13-8-6-5-7-11(13)15-12(9-14)10(2)3/h5-8,10,12,15H,4,9,14H2,1-3H3. The molecule has 4 nitrogen and oxygen atoms in total. The third kappa shape index (κ3) is 3.46. The van der Waals surface area contributed by atoms with Crippen molar-refractivity contribution in [2.45, 2.75) is 31.7 Å². The van der Waals surface area contributed by atoms with Crippen molar-refractivity contribution in [2.24, 2.45) is 11.7 Å². The molecule has 0 aliphatic heterocycles. The van der Waals surface area contributed by atoms with Gasteiger partial charge < -0.3 is 11.1 Å². The summed E-state index contributed by atoms with van der Waals surface area (Å²) in [6.07, 6.45) is 0. The van der Waals surface area contributed by atoms with Crippen molar-refractivity contribution in [2.75, 3.05) is 17.6 Å². The van der Waals surface area contributed by atoms with E-state index in [1.807, 2.05) is 6.07 Å². The lowest BCUT2D eigenvalue weighted by Crippen LogP contribution is -2.34. The summed E-state index contributed by atoms with van der Waals surface area (Å²) in [5, 5.41) is 3.23. The average molecular weight is 270 g/mol. The summed E-state index contributed by atoms with van der Waals surface area (Å²) in [5.74, 6) is 0.438. The molecule has 102 valence electrons. The Kier molecular flexibility index (Phi) is 5.16. The van der Waals surface area contributed by atoms with Crippen LogP contribution >= 0.6 is 0 Å². The van der Waals surface area contributed by atoms with E-state index in [0.717, 1.165) is 0 Å². The topological polar surface area (TPSA) is 72.2 Å². The molecule has 0 spiro atoms. The molecule has 5 heteroatoms. The molecule has 1 aromatic carbocycles. The summed E-state index contributed by atoms with van der Waals surface area (Å²) in [4.78, 5) is 0.353. The second-order valence-corrected chi connectivity index (χ2v) is 6.88. The minimum atomic E-state index is -3.21. The van der Waals surface area contributed by atoms with Crippen molar-refractivity contribution in [1.82, 2.24) is 0 Å². The number of nitrogens with one attached hydrogen (secondary N) is 1. The van der Waals surface area contributed by atoms with Crippen molar-refractivity contribution in [3.63, 3.8) is 0 Å². The number of anilines is 1. The molecule has 0 radical (unpaired) electrons. The second kappa shape index (κ2) is 6.20. The SMILES string of the molecule is CCS(=O)(=O)c1ccccc1NC(CN)C(C)C. The predicted molar refractivity (Wildman–Crippen MR) is 75.5 cm³/mol. The number of sulfone groups is 1. The van der Waals surface area contributed by atoms with Crippen LogP contribution in [0.1, 0.15) is 20.8 Å². The van der Waals surface area contributed by atoms with E-state index in [4.69, 9.17) is 5.73 Å². The first-order chi connectivity index (χ1) is 8.42. The van der Waals surface area contributed by atoms with Crippen LogP contribution in [0.3, 0.4) is 0 Å². The minimum absolute atomic E-state index is 0.0678. The maximum atomic E-state index is 12.0. The van der Waals surface area contributed by atoms with Gasteiger partial charge in [-0.15, -0.1) is 0 Å². The Hall–Kier alpha value is -1.07. The van der Waals surface area contributed by atoms with Gasteiger partial charge in [0.1, 0.15) is 0 Å². The van der Waals surface area contributed by atoms with Gasteiger partial charge in [-0.25, -0.2) is 8.42 Å². The molecule has 3 N–H and O–H groups in total. The Bertz CT molecular complexity index is 484. The van der Waals surface area contributed by atoms with Gasteiger partial charge in [-0.1, -0.05) is 32.9 Å². The van der Waals surface area contributed by atoms with E-state index in [1.54, 1.807) is 25.1 Å². The van der Waals surface area contributed by atoms with Gasteiger partial charge in [-0.3, -0.25) is 0 Å². The lowest BCUT2D eigenvalue weighted by Gasteiger charge is -2.23. The Labute approximate surface area is 110 Å². The molecule has 0 fully saturated rings. The van der Waals surface area contributed by atoms with Crippen LogP contribution < -0.4 is 11.1 Å². The summed E-state index contributed by atoms with van der Waals surface area (Å²) in [6, 6.07) is 7.05. The van der Waals surface area contributed by atoms with Crippen LogP contribution in [0.4, 0.5) is 5.69 Å². The van der Waals surface area contributed by atoms with Gasteiger partial charge in [0.25, 0.3) is 0 Å². The van der Waals surface area contributed by atoms with Crippen molar-refractivity contribution >= 4 is 15.5 Å². The summed E-state index contributed by atoms with van der Waals surface area (Å²) < 4.78 is 24.0. The Morgan fingerprint density at radius 1 is 1.28 bits per heavy atom. The highest BCUT2D eigenvalue weighted by Crippen LogP contribution is 2.23. The van der Waals surface area contributed by atoms with Crippen LogP contribution in [-0.4, -0.2) is 26.8 Å². The zero-order valence-electron chi connectivity index (χ0n) is 11.2. The first kappa shape index (κ1) is 15.0. The first-order valence-corrected chi connectivity index (χ1v) is 7.86. The van der Waals surface area contributed by atoms with Crippen LogP contribution in [0.2, 0.25) is 0 Å². The van der Waals surface area contributed by atoms with Crippen molar-refractivity contribution in [3.05, 3.63) is 24.3 Å². The van der Waals surface area contributed by atoms with Crippen molar-refractivity contribution in [3.8, 4) is 0 Å². The number of hydrogen-bond donors (Lipinski definition) is 2. The highest BCUT2D eigenvalue weighted by molar-refractivity contribution is 7.91.